The number of nitrogens with zero attached hydrogens (tertiary/aromatic N) is 1. The molecule has 0 bridgehead atoms. The van der Waals surface area contributed by atoms with Gasteiger partial charge in [0.05, 0.1) is 11.2 Å². The molecule has 0 aliphatic rings. The van der Waals surface area contributed by atoms with E-state index in [0.29, 0.717) is 29.7 Å². The number of amides is 2. The predicted molar refractivity (Wildman–Crippen MR) is 135 cm³/mol. The second-order valence-corrected chi connectivity index (χ2v) is 8.12. The van der Waals surface area contributed by atoms with Gasteiger partial charge in [0.25, 0.3) is 11.8 Å². The first-order valence-electron chi connectivity index (χ1n) is 10.8. The van der Waals surface area contributed by atoms with Crippen LogP contribution in [0.25, 0.3) is 10.8 Å². The van der Waals surface area contributed by atoms with Crippen molar-refractivity contribution in [1.29, 1.82) is 0 Å². The summed E-state index contributed by atoms with van der Waals surface area (Å²) in [4.78, 5) is 25.1. The van der Waals surface area contributed by atoms with Crippen LogP contribution in [-0.4, -0.2) is 29.7 Å². The van der Waals surface area contributed by atoms with Crippen molar-refractivity contribution in [2.45, 2.75) is 6.42 Å². The average Bonchev–Trinajstić information content (AvgIpc) is 2.86. The summed E-state index contributed by atoms with van der Waals surface area (Å²) in [6.07, 6.45) is 1.87. The zero-order valence-electron chi connectivity index (χ0n) is 18.5. The van der Waals surface area contributed by atoms with Crippen molar-refractivity contribution in [2.75, 3.05) is 6.54 Å². The van der Waals surface area contributed by atoms with Crippen LogP contribution in [0.3, 0.4) is 0 Å². The van der Waals surface area contributed by atoms with Crippen molar-refractivity contribution in [3.05, 3.63) is 112 Å². The minimum Gasteiger partial charge on any atom is -0.506 e. The highest BCUT2D eigenvalue weighted by atomic mass is 35.5. The standard InChI is InChI=1S/C27H21ClFN3O3/c28-23-15-18(10-12-25(23)33)26(34)32-31-16-19-9-11-22(21-7-3-2-6-20(19)21)27(35)30-14-13-17-5-1-4-8-24(17)29/h1-12,15-16,33H,13-14H2,(H,30,35)(H,32,34). The first-order valence-corrected chi connectivity index (χ1v) is 11.2. The van der Waals surface area contributed by atoms with E-state index < -0.39 is 5.91 Å². The van der Waals surface area contributed by atoms with Gasteiger partial charge in [-0.25, -0.2) is 9.82 Å². The van der Waals surface area contributed by atoms with Crippen LogP contribution in [0.1, 0.15) is 31.8 Å². The molecule has 4 rings (SSSR count). The van der Waals surface area contributed by atoms with E-state index in [4.69, 9.17) is 11.6 Å². The maximum absolute atomic E-state index is 13.8. The van der Waals surface area contributed by atoms with Crippen LogP contribution in [0.15, 0.2) is 84.0 Å². The fourth-order valence-electron chi connectivity index (χ4n) is 3.61. The van der Waals surface area contributed by atoms with Crippen molar-refractivity contribution in [3.63, 3.8) is 0 Å². The molecule has 176 valence electrons. The molecule has 0 heterocycles. The minimum absolute atomic E-state index is 0.0652. The molecular weight excluding hydrogens is 469 g/mol. The monoisotopic (exact) mass is 489 g/mol. The van der Waals surface area contributed by atoms with Crippen molar-refractivity contribution in [1.82, 2.24) is 10.7 Å². The lowest BCUT2D eigenvalue weighted by Crippen LogP contribution is -2.26. The summed E-state index contributed by atoms with van der Waals surface area (Å²) in [5.41, 5.74) is 4.40. The lowest BCUT2D eigenvalue weighted by molar-refractivity contribution is 0.0947. The van der Waals surface area contributed by atoms with E-state index in [1.165, 1.54) is 30.5 Å². The van der Waals surface area contributed by atoms with Gasteiger partial charge in [-0.15, -0.1) is 0 Å². The van der Waals surface area contributed by atoms with Gasteiger partial charge >= 0.3 is 0 Å². The molecule has 8 heteroatoms. The molecule has 3 N–H and O–H groups in total. The fourth-order valence-corrected chi connectivity index (χ4v) is 3.79. The van der Waals surface area contributed by atoms with E-state index in [2.05, 4.69) is 15.8 Å². The molecule has 4 aromatic rings. The molecule has 0 saturated heterocycles. The van der Waals surface area contributed by atoms with Gasteiger partial charge in [-0.05, 0) is 53.1 Å². The second kappa shape index (κ2) is 10.8. The van der Waals surface area contributed by atoms with Crippen molar-refractivity contribution in [3.8, 4) is 5.75 Å². The summed E-state index contributed by atoms with van der Waals surface area (Å²) in [5.74, 6) is -1.16. The Morgan fingerprint density at radius 1 is 0.943 bits per heavy atom. The summed E-state index contributed by atoms with van der Waals surface area (Å²) < 4.78 is 13.8. The third-order valence-electron chi connectivity index (χ3n) is 5.42. The molecule has 0 unspecified atom stereocenters. The zero-order valence-corrected chi connectivity index (χ0v) is 19.2. The van der Waals surface area contributed by atoms with Crippen molar-refractivity contribution in [2.24, 2.45) is 5.10 Å². The second-order valence-electron chi connectivity index (χ2n) is 7.71. The van der Waals surface area contributed by atoms with Gasteiger partial charge in [0, 0.05) is 23.2 Å². The maximum Gasteiger partial charge on any atom is 0.271 e. The van der Waals surface area contributed by atoms with Gasteiger partial charge in [-0.3, -0.25) is 9.59 Å². The molecule has 0 spiro atoms. The van der Waals surface area contributed by atoms with Crippen LogP contribution in [0.5, 0.6) is 5.75 Å². The van der Waals surface area contributed by atoms with Gasteiger partial charge in [-0.1, -0.05) is 60.1 Å². The molecule has 0 atom stereocenters. The Bertz CT molecular complexity index is 1440. The third-order valence-corrected chi connectivity index (χ3v) is 5.72. The lowest BCUT2D eigenvalue weighted by Gasteiger charge is -2.10. The highest BCUT2D eigenvalue weighted by Gasteiger charge is 2.12. The Labute approximate surface area is 206 Å². The Morgan fingerprint density at radius 2 is 1.69 bits per heavy atom. The molecule has 0 aliphatic heterocycles. The SMILES string of the molecule is O=C(NN=Cc1ccc(C(=O)NCCc2ccccc2F)c2ccccc12)c1ccc(O)c(Cl)c1. The number of rotatable bonds is 7. The Hall–Kier alpha value is -4.23. The number of hydrogen-bond acceptors (Lipinski definition) is 4. The largest absolute Gasteiger partial charge is 0.506 e. The summed E-state index contributed by atoms with van der Waals surface area (Å²) in [6, 6.07) is 21.4. The molecule has 0 aromatic heterocycles. The topological polar surface area (TPSA) is 90.8 Å². The summed E-state index contributed by atoms with van der Waals surface area (Å²) in [6.45, 7) is 0.296. The maximum atomic E-state index is 13.8. The van der Waals surface area contributed by atoms with Gasteiger partial charge < -0.3 is 10.4 Å². The summed E-state index contributed by atoms with van der Waals surface area (Å²) >= 11 is 5.85. The number of carbonyl (C=O) groups excluding carboxylic acids is 2. The quantitative estimate of drug-likeness (QED) is 0.250. The van der Waals surface area contributed by atoms with Crippen LogP contribution in [0.4, 0.5) is 4.39 Å². The predicted octanol–water partition coefficient (Wildman–Crippen LogP) is 5.07. The van der Waals surface area contributed by atoms with Crippen LogP contribution >= 0.6 is 11.6 Å². The number of fused-ring (bicyclic) bond motifs is 1. The van der Waals surface area contributed by atoms with Crippen molar-refractivity contribution < 1.29 is 19.1 Å². The molecule has 0 fully saturated rings. The number of aromatic hydroxyl groups is 1. The number of carbonyl (C=O) groups is 2. The fraction of sp³-hybridized carbons (Fsp3) is 0.0741. The lowest BCUT2D eigenvalue weighted by atomic mass is 9.99. The van der Waals surface area contributed by atoms with Gasteiger partial charge in [0.15, 0.2) is 0 Å². The van der Waals surface area contributed by atoms with Crippen molar-refractivity contribution >= 4 is 40.4 Å². The van der Waals surface area contributed by atoms with Gasteiger partial charge in [0.2, 0.25) is 0 Å². The molecule has 0 radical (unpaired) electrons. The summed E-state index contributed by atoms with van der Waals surface area (Å²) in [7, 11) is 0. The molecule has 4 aromatic carbocycles. The van der Waals surface area contributed by atoms with Crippen LogP contribution in [0.2, 0.25) is 5.02 Å². The van der Waals surface area contributed by atoms with E-state index in [1.54, 1.807) is 30.3 Å². The highest BCUT2D eigenvalue weighted by molar-refractivity contribution is 6.32. The molecule has 0 aliphatic carbocycles. The number of benzene rings is 4. The average molecular weight is 490 g/mol. The Morgan fingerprint density at radius 3 is 2.46 bits per heavy atom. The first-order chi connectivity index (χ1) is 16.9. The van der Waals surface area contributed by atoms with E-state index in [-0.39, 0.29) is 28.1 Å². The number of phenolic OH excluding ortho intramolecular Hbond substituents is 1. The number of hydrogen-bond donors (Lipinski definition) is 3. The molecule has 0 saturated carbocycles. The zero-order chi connectivity index (χ0) is 24.8. The van der Waals surface area contributed by atoms with Gasteiger partial charge in [-0.2, -0.15) is 5.10 Å². The normalized spacial score (nSPS) is 11.0. The number of nitrogens with one attached hydrogen (secondary N) is 2. The van der Waals surface area contributed by atoms with Crippen LogP contribution in [0, 0.1) is 5.82 Å². The first kappa shape index (κ1) is 23.9. The number of halogens is 2. The van der Waals surface area contributed by atoms with Crippen LogP contribution < -0.4 is 10.7 Å². The molecular formula is C27H21ClFN3O3. The van der Waals surface area contributed by atoms with Crippen LogP contribution in [-0.2, 0) is 6.42 Å². The van der Waals surface area contributed by atoms with E-state index in [0.717, 1.165) is 10.8 Å². The number of phenols is 1. The third kappa shape index (κ3) is 5.65. The van der Waals surface area contributed by atoms with E-state index in [9.17, 15) is 19.1 Å². The van der Waals surface area contributed by atoms with Gasteiger partial charge in [0.1, 0.15) is 11.6 Å². The van der Waals surface area contributed by atoms with E-state index >= 15 is 0 Å². The highest BCUT2D eigenvalue weighted by Crippen LogP contribution is 2.24. The Balaban J connectivity index is 1.47. The smallest absolute Gasteiger partial charge is 0.271 e. The molecule has 6 nitrogen and oxygen atoms in total. The number of hydrazone groups is 1. The van der Waals surface area contributed by atoms with E-state index in [1.807, 2.05) is 24.3 Å². The summed E-state index contributed by atoms with van der Waals surface area (Å²) in [5, 5.41) is 17.9. The Kier molecular flexibility index (Phi) is 7.38. The molecule has 35 heavy (non-hydrogen) atoms. The minimum atomic E-state index is -0.488. The molecule has 2 amide bonds.